The molecule has 0 aromatic carbocycles. The van der Waals surface area contributed by atoms with Crippen LogP contribution in [0.3, 0.4) is 0 Å². The molecule has 1 aliphatic carbocycles. The molecule has 1 saturated carbocycles. The van der Waals surface area contributed by atoms with Gasteiger partial charge in [-0.1, -0.05) is 12.8 Å². The van der Waals surface area contributed by atoms with E-state index in [4.69, 9.17) is 5.26 Å². The molecule has 0 aromatic rings. The fraction of sp³-hybridized carbons (Fsp3) is 0.750. The summed E-state index contributed by atoms with van der Waals surface area (Å²) in [6.45, 7) is 2.46. The normalized spacial score (nSPS) is 17.2. The van der Waals surface area contributed by atoms with Gasteiger partial charge in [-0.3, -0.25) is 9.59 Å². The van der Waals surface area contributed by atoms with Crippen LogP contribution in [0.1, 0.15) is 32.6 Å². The standard InChI is InChI=1S/C12H19N3O2/c1-3-15(2)10(16)8-14-11(17)12(9-13)6-4-5-7-12/h3-8H2,1-2H3,(H,14,17). The lowest BCUT2D eigenvalue weighted by Crippen LogP contribution is -2.44. The smallest absolute Gasteiger partial charge is 0.241 e. The number of hydrogen-bond acceptors (Lipinski definition) is 3. The summed E-state index contributed by atoms with van der Waals surface area (Å²) in [5, 5.41) is 11.7. The predicted octanol–water partition coefficient (Wildman–Crippen LogP) is 0.665. The molecule has 0 saturated heterocycles. The maximum atomic E-state index is 11.9. The van der Waals surface area contributed by atoms with Crippen LogP contribution in [0, 0.1) is 16.7 Å². The number of likely N-dealkylation sites (N-methyl/N-ethyl adjacent to an activating group) is 1. The highest BCUT2D eigenvalue weighted by Crippen LogP contribution is 2.37. The average Bonchev–Trinajstić information content (AvgIpc) is 2.84. The Morgan fingerprint density at radius 2 is 2.00 bits per heavy atom. The lowest BCUT2D eigenvalue weighted by Gasteiger charge is -2.20. The first-order valence-corrected chi connectivity index (χ1v) is 5.99. The van der Waals surface area contributed by atoms with Crippen molar-refractivity contribution in [1.82, 2.24) is 10.2 Å². The van der Waals surface area contributed by atoms with E-state index in [0.29, 0.717) is 19.4 Å². The molecule has 0 aliphatic heterocycles. The van der Waals surface area contributed by atoms with Crippen molar-refractivity contribution in [3.8, 4) is 6.07 Å². The molecule has 0 spiro atoms. The van der Waals surface area contributed by atoms with Crippen LogP contribution in [0.25, 0.3) is 0 Å². The SMILES string of the molecule is CCN(C)C(=O)CNC(=O)C1(C#N)CCCC1. The summed E-state index contributed by atoms with van der Waals surface area (Å²) in [5.41, 5.74) is -0.898. The molecule has 17 heavy (non-hydrogen) atoms. The molecule has 94 valence electrons. The Labute approximate surface area is 102 Å². The van der Waals surface area contributed by atoms with Crippen molar-refractivity contribution in [2.45, 2.75) is 32.6 Å². The van der Waals surface area contributed by atoms with Gasteiger partial charge in [0, 0.05) is 13.6 Å². The summed E-state index contributed by atoms with van der Waals surface area (Å²) in [7, 11) is 1.68. The van der Waals surface area contributed by atoms with Crippen molar-refractivity contribution in [1.29, 1.82) is 5.26 Å². The maximum absolute atomic E-state index is 11.9. The topological polar surface area (TPSA) is 73.2 Å². The van der Waals surface area contributed by atoms with Crippen molar-refractivity contribution in [2.75, 3.05) is 20.1 Å². The fourth-order valence-electron chi connectivity index (χ4n) is 2.00. The molecule has 5 heteroatoms. The number of amides is 2. The van der Waals surface area contributed by atoms with Gasteiger partial charge in [0.1, 0.15) is 5.41 Å². The minimum Gasteiger partial charge on any atom is -0.346 e. The highest BCUT2D eigenvalue weighted by atomic mass is 16.2. The number of carbonyl (C=O) groups excluding carboxylic acids is 2. The number of hydrogen-bond donors (Lipinski definition) is 1. The van der Waals surface area contributed by atoms with E-state index < -0.39 is 5.41 Å². The molecule has 0 aromatic heterocycles. The number of carbonyl (C=O) groups is 2. The van der Waals surface area contributed by atoms with Crippen LogP contribution in [0.5, 0.6) is 0 Å². The van der Waals surface area contributed by atoms with Crippen LogP contribution in [-0.2, 0) is 9.59 Å². The van der Waals surface area contributed by atoms with E-state index in [0.717, 1.165) is 12.8 Å². The first-order chi connectivity index (χ1) is 8.05. The maximum Gasteiger partial charge on any atom is 0.241 e. The summed E-state index contributed by atoms with van der Waals surface area (Å²) >= 11 is 0. The van der Waals surface area contributed by atoms with Gasteiger partial charge in [0.05, 0.1) is 12.6 Å². The van der Waals surface area contributed by atoms with Crippen molar-refractivity contribution >= 4 is 11.8 Å². The number of nitriles is 1. The molecular weight excluding hydrogens is 218 g/mol. The second kappa shape index (κ2) is 5.67. The van der Waals surface area contributed by atoms with Crippen LogP contribution in [0.15, 0.2) is 0 Å². The molecule has 1 rings (SSSR count). The third-order valence-electron chi connectivity index (χ3n) is 3.41. The Hall–Kier alpha value is -1.57. The molecule has 1 aliphatic rings. The van der Waals surface area contributed by atoms with E-state index in [1.807, 2.05) is 6.92 Å². The zero-order chi connectivity index (χ0) is 12.9. The van der Waals surface area contributed by atoms with Gasteiger partial charge in [0.2, 0.25) is 11.8 Å². The molecule has 0 atom stereocenters. The molecule has 1 N–H and O–H groups in total. The van der Waals surface area contributed by atoms with Gasteiger partial charge in [0.15, 0.2) is 0 Å². The third-order valence-corrected chi connectivity index (χ3v) is 3.41. The zero-order valence-corrected chi connectivity index (χ0v) is 10.5. The number of rotatable bonds is 4. The van der Waals surface area contributed by atoms with Crippen molar-refractivity contribution in [2.24, 2.45) is 5.41 Å². The first-order valence-electron chi connectivity index (χ1n) is 5.99. The first kappa shape index (κ1) is 13.5. The summed E-state index contributed by atoms with van der Waals surface area (Å²) in [4.78, 5) is 25.0. The van der Waals surface area contributed by atoms with Crippen LogP contribution in [0.2, 0.25) is 0 Å². The monoisotopic (exact) mass is 237 g/mol. The van der Waals surface area contributed by atoms with Gasteiger partial charge in [-0.05, 0) is 19.8 Å². The molecule has 0 heterocycles. The van der Waals surface area contributed by atoms with Gasteiger partial charge < -0.3 is 10.2 Å². The summed E-state index contributed by atoms with van der Waals surface area (Å²) in [5.74, 6) is -0.428. The van der Waals surface area contributed by atoms with Gasteiger partial charge in [-0.2, -0.15) is 5.26 Å². The average molecular weight is 237 g/mol. The van der Waals surface area contributed by atoms with Crippen LogP contribution < -0.4 is 5.32 Å². The van der Waals surface area contributed by atoms with Crippen molar-refractivity contribution in [3.05, 3.63) is 0 Å². The fourth-order valence-corrected chi connectivity index (χ4v) is 2.00. The number of nitrogens with one attached hydrogen (secondary N) is 1. The van der Waals surface area contributed by atoms with Gasteiger partial charge in [-0.15, -0.1) is 0 Å². The predicted molar refractivity (Wildman–Crippen MR) is 62.8 cm³/mol. The lowest BCUT2D eigenvalue weighted by atomic mass is 9.87. The summed E-state index contributed by atoms with van der Waals surface area (Å²) < 4.78 is 0. The largest absolute Gasteiger partial charge is 0.346 e. The second-order valence-corrected chi connectivity index (χ2v) is 4.49. The van der Waals surface area contributed by atoms with Gasteiger partial charge >= 0.3 is 0 Å². The van der Waals surface area contributed by atoms with E-state index in [1.54, 1.807) is 7.05 Å². The summed E-state index contributed by atoms with van der Waals surface area (Å²) in [6, 6.07) is 2.11. The third kappa shape index (κ3) is 2.96. The summed E-state index contributed by atoms with van der Waals surface area (Å²) in [6.07, 6.45) is 3.02. The van der Waals surface area contributed by atoms with Crippen molar-refractivity contribution in [3.63, 3.8) is 0 Å². The second-order valence-electron chi connectivity index (χ2n) is 4.49. The lowest BCUT2D eigenvalue weighted by molar-refractivity contribution is -0.134. The van der Waals surface area contributed by atoms with E-state index >= 15 is 0 Å². The Kier molecular flexibility index (Phi) is 4.50. The minimum absolute atomic E-state index is 0.0212. The van der Waals surface area contributed by atoms with Crippen LogP contribution in [-0.4, -0.2) is 36.9 Å². The molecule has 0 radical (unpaired) electrons. The minimum atomic E-state index is -0.898. The molecule has 2 amide bonds. The van der Waals surface area contributed by atoms with E-state index in [9.17, 15) is 9.59 Å². The molecule has 0 bridgehead atoms. The Balaban J connectivity index is 2.50. The van der Waals surface area contributed by atoms with E-state index in [1.165, 1.54) is 4.90 Å². The molecule has 1 fully saturated rings. The Morgan fingerprint density at radius 3 is 2.47 bits per heavy atom. The highest BCUT2D eigenvalue weighted by molar-refractivity contribution is 5.89. The Morgan fingerprint density at radius 1 is 1.41 bits per heavy atom. The van der Waals surface area contributed by atoms with E-state index in [2.05, 4.69) is 11.4 Å². The quantitative estimate of drug-likeness (QED) is 0.780. The molecule has 5 nitrogen and oxygen atoms in total. The van der Waals surface area contributed by atoms with Crippen LogP contribution in [0.4, 0.5) is 0 Å². The highest BCUT2D eigenvalue weighted by Gasteiger charge is 2.41. The van der Waals surface area contributed by atoms with Gasteiger partial charge in [-0.25, -0.2) is 0 Å². The van der Waals surface area contributed by atoms with E-state index in [-0.39, 0.29) is 18.4 Å². The zero-order valence-electron chi connectivity index (χ0n) is 10.5. The van der Waals surface area contributed by atoms with Crippen molar-refractivity contribution < 1.29 is 9.59 Å². The van der Waals surface area contributed by atoms with Gasteiger partial charge in [0.25, 0.3) is 0 Å². The number of nitrogens with zero attached hydrogens (tertiary/aromatic N) is 2. The molecular formula is C12H19N3O2. The van der Waals surface area contributed by atoms with Crippen LogP contribution >= 0.6 is 0 Å². The molecule has 0 unspecified atom stereocenters. The Bertz CT molecular complexity index is 340.